The number of aliphatic hydroxyl groups is 1. The molecule has 0 aliphatic carbocycles. The molecular formula is C15H21FN2O2. The van der Waals surface area contributed by atoms with Crippen molar-refractivity contribution >= 4 is 5.91 Å². The molecule has 0 bridgehead atoms. The number of nitrogens with zero attached hydrogens (tertiary/aromatic N) is 1. The molecule has 1 aromatic rings. The first-order chi connectivity index (χ1) is 9.65. The first-order valence-electron chi connectivity index (χ1n) is 7.09. The average Bonchev–Trinajstić information content (AvgIpc) is 2.45. The minimum atomic E-state index is -0.399. The second-order valence-electron chi connectivity index (χ2n) is 5.19. The predicted molar refractivity (Wildman–Crippen MR) is 75.0 cm³/mol. The highest BCUT2D eigenvalue weighted by molar-refractivity contribution is 5.94. The lowest BCUT2D eigenvalue weighted by Gasteiger charge is -2.29. The van der Waals surface area contributed by atoms with Crippen molar-refractivity contribution in [3.8, 4) is 0 Å². The van der Waals surface area contributed by atoms with Gasteiger partial charge in [0.1, 0.15) is 5.82 Å². The minimum absolute atomic E-state index is 0.154. The van der Waals surface area contributed by atoms with Crippen molar-refractivity contribution in [3.05, 3.63) is 35.6 Å². The number of nitrogens with one attached hydrogen (secondary N) is 1. The van der Waals surface area contributed by atoms with E-state index in [4.69, 9.17) is 0 Å². The van der Waals surface area contributed by atoms with Crippen molar-refractivity contribution in [3.63, 3.8) is 0 Å². The molecule has 0 aromatic heterocycles. The fraction of sp³-hybridized carbons (Fsp3) is 0.533. The molecule has 4 nitrogen and oxygen atoms in total. The van der Waals surface area contributed by atoms with Crippen LogP contribution in [0.2, 0.25) is 0 Å². The van der Waals surface area contributed by atoms with Crippen LogP contribution < -0.4 is 5.32 Å². The molecule has 1 aliphatic heterocycles. The summed E-state index contributed by atoms with van der Waals surface area (Å²) in [6.45, 7) is 3.32. The summed E-state index contributed by atoms with van der Waals surface area (Å²) >= 11 is 0. The van der Waals surface area contributed by atoms with Crippen LogP contribution in [0.3, 0.4) is 0 Å². The van der Waals surface area contributed by atoms with Gasteiger partial charge >= 0.3 is 0 Å². The molecule has 5 heteroatoms. The van der Waals surface area contributed by atoms with E-state index in [1.807, 2.05) is 0 Å². The largest absolute Gasteiger partial charge is 0.393 e. The maximum atomic E-state index is 13.0. The molecule has 1 aromatic carbocycles. The van der Waals surface area contributed by atoms with Crippen LogP contribution in [0.25, 0.3) is 0 Å². The van der Waals surface area contributed by atoms with Crippen LogP contribution in [0, 0.1) is 5.82 Å². The summed E-state index contributed by atoms with van der Waals surface area (Å²) in [5.41, 5.74) is 0.353. The van der Waals surface area contributed by atoms with Gasteiger partial charge in [-0.15, -0.1) is 0 Å². The smallest absolute Gasteiger partial charge is 0.251 e. The number of hydrogen-bond donors (Lipinski definition) is 2. The van der Waals surface area contributed by atoms with Gasteiger partial charge in [0, 0.05) is 25.2 Å². The van der Waals surface area contributed by atoms with Gasteiger partial charge < -0.3 is 15.3 Å². The first kappa shape index (κ1) is 14.9. The number of piperidine rings is 1. The Morgan fingerprint density at radius 2 is 2.15 bits per heavy atom. The summed E-state index contributed by atoms with van der Waals surface area (Å²) < 4.78 is 13.0. The van der Waals surface area contributed by atoms with E-state index in [0.717, 1.165) is 38.9 Å². The molecule has 1 fully saturated rings. The van der Waals surface area contributed by atoms with E-state index in [1.165, 1.54) is 18.2 Å². The highest BCUT2D eigenvalue weighted by Gasteiger charge is 2.16. The normalized spacial score (nSPS) is 17.1. The molecule has 0 radical (unpaired) electrons. The fourth-order valence-electron chi connectivity index (χ4n) is 2.38. The summed E-state index contributed by atoms with van der Waals surface area (Å²) in [6.07, 6.45) is 2.36. The third kappa shape index (κ3) is 4.58. The second-order valence-corrected chi connectivity index (χ2v) is 5.19. The molecule has 2 rings (SSSR count). The third-order valence-electron chi connectivity index (χ3n) is 3.58. The molecular weight excluding hydrogens is 259 g/mol. The second kappa shape index (κ2) is 7.36. The van der Waals surface area contributed by atoms with Crippen molar-refractivity contribution in [2.75, 3.05) is 26.2 Å². The maximum absolute atomic E-state index is 13.0. The van der Waals surface area contributed by atoms with Crippen LogP contribution in [0.1, 0.15) is 29.6 Å². The van der Waals surface area contributed by atoms with E-state index in [9.17, 15) is 14.3 Å². The highest BCUT2D eigenvalue weighted by atomic mass is 19.1. The van der Waals surface area contributed by atoms with Crippen LogP contribution in [0.5, 0.6) is 0 Å². The SMILES string of the molecule is O=C(NCCCN1CCC(O)CC1)c1cccc(F)c1. The van der Waals surface area contributed by atoms with E-state index in [2.05, 4.69) is 10.2 Å². The third-order valence-corrected chi connectivity index (χ3v) is 3.58. The molecule has 1 amide bonds. The van der Waals surface area contributed by atoms with Crippen molar-refractivity contribution in [2.45, 2.75) is 25.4 Å². The highest BCUT2D eigenvalue weighted by Crippen LogP contribution is 2.09. The number of hydrogen-bond acceptors (Lipinski definition) is 3. The van der Waals surface area contributed by atoms with Gasteiger partial charge in [-0.1, -0.05) is 6.07 Å². The Labute approximate surface area is 118 Å². The van der Waals surface area contributed by atoms with Gasteiger partial charge in [-0.2, -0.15) is 0 Å². The predicted octanol–water partition coefficient (Wildman–Crippen LogP) is 1.40. The molecule has 2 N–H and O–H groups in total. The topological polar surface area (TPSA) is 52.6 Å². The van der Waals surface area contributed by atoms with Gasteiger partial charge in [0.05, 0.1) is 6.10 Å². The van der Waals surface area contributed by atoms with E-state index in [0.29, 0.717) is 12.1 Å². The Kier molecular flexibility index (Phi) is 5.49. The molecule has 1 heterocycles. The van der Waals surface area contributed by atoms with Crippen molar-refractivity contribution in [1.29, 1.82) is 0 Å². The summed E-state index contributed by atoms with van der Waals surface area (Å²) in [5, 5.41) is 12.2. The summed E-state index contributed by atoms with van der Waals surface area (Å²) in [4.78, 5) is 14.1. The average molecular weight is 280 g/mol. The molecule has 1 saturated heterocycles. The standard InChI is InChI=1S/C15H21FN2O2/c16-13-4-1-3-12(11-13)15(20)17-7-2-8-18-9-5-14(19)6-10-18/h1,3-4,11,14,19H,2,5-10H2,(H,17,20). The molecule has 0 saturated carbocycles. The molecule has 0 spiro atoms. The summed E-state index contributed by atoms with van der Waals surface area (Å²) in [7, 11) is 0. The maximum Gasteiger partial charge on any atom is 0.251 e. The Morgan fingerprint density at radius 1 is 1.40 bits per heavy atom. The van der Waals surface area contributed by atoms with Gasteiger partial charge in [0.15, 0.2) is 0 Å². The lowest BCUT2D eigenvalue weighted by atomic mass is 10.1. The van der Waals surface area contributed by atoms with Crippen molar-refractivity contribution in [1.82, 2.24) is 10.2 Å². The number of benzene rings is 1. The molecule has 110 valence electrons. The zero-order chi connectivity index (χ0) is 14.4. The van der Waals surface area contributed by atoms with Crippen LogP contribution in [-0.2, 0) is 0 Å². The number of aliphatic hydroxyl groups excluding tert-OH is 1. The number of carbonyl (C=O) groups excluding carboxylic acids is 1. The Hall–Kier alpha value is -1.46. The van der Waals surface area contributed by atoms with Crippen LogP contribution in [0.4, 0.5) is 4.39 Å². The van der Waals surface area contributed by atoms with Gasteiger partial charge in [0.2, 0.25) is 0 Å². The number of likely N-dealkylation sites (tertiary alicyclic amines) is 1. The van der Waals surface area contributed by atoms with Crippen LogP contribution >= 0.6 is 0 Å². The van der Waals surface area contributed by atoms with Gasteiger partial charge in [0.25, 0.3) is 5.91 Å². The quantitative estimate of drug-likeness (QED) is 0.802. The lowest BCUT2D eigenvalue weighted by molar-refractivity contribution is 0.0816. The van der Waals surface area contributed by atoms with Crippen LogP contribution in [0.15, 0.2) is 24.3 Å². The Morgan fingerprint density at radius 3 is 2.85 bits per heavy atom. The van der Waals surface area contributed by atoms with E-state index in [1.54, 1.807) is 6.07 Å². The molecule has 0 atom stereocenters. The fourth-order valence-corrected chi connectivity index (χ4v) is 2.38. The first-order valence-corrected chi connectivity index (χ1v) is 7.09. The summed E-state index contributed by atoms with van der Waals surface area (Å²) in [5.74, 6) is -0.636. The Bertz CT molecular complexity index is 445. The van der Waals surface area contributed by atoms with Gasteiger partial charge in [-0.3, -0.25) is 4.79 Å². The van der Waals surface area contributed by atoms with E-state index in [-0.39, 0.29) is 12.0 Å². The molecule has 1 aliphatic rings. The monoisotopic (exact) mass is 280 g/mol. The molecule has 20 heavy (non-hydrogen) atoms. The lowest BCUT2D eigenvalue weighted by Crippen LogP contribution is -2.37. The van der Waals surface area contributed by atoms with Crippen LogP contribution in [-0.4, -0.2) is 48.2 Å². The zero-order valence-electron chi connectivity index (χ0n) is 11.5. The number of carbonyl (C=O) groups is 1. The number of rotatable bonds is 5. The minimum Gasteiger partial charge on any atom is -0.393 e. The van der Waals surface area contributed by atoms with Gasteiger partial charge in [-0.25, -0.2) is 4.39 Å². The number of amides is 1. The summed E-state index contributed by atoms with van der Waals surface area (Å²) in [6, 6.07) is 5.69. The van der Waals surface area contributed by atoms with Crippen molar-refractivity contribution in [2.24, 2.45) is 0 Å². The van der Waals surface area contributed by atoms with E-state index < -0.39 is 5.82 Å². The van der Waals surface area contributed by atoms with Crippen molar-refractivity contribution < 1.29 is 14.3 Å². The Balaban J connectivity index is 1.64. The number of halogens is 1. The van der Waals surface area contributed by atoms with E-state index >= 15 is 0 Å². The van der Waals surface area contributed by atoms with Gasteiger partial charge in [-0.05, 0) is 44.0 Å². The molecule has 0 unspecified atom stereocenters. The zero-order valence-corrected chi connectivity index (χ0v) is 11.5.